The van der Waals surface area contributed by atoms with Crippen molar-refractivity contribution in [3.05, 3.63) is 39.3 Å². The quantitative estimate of drug-likeness (QED) is 0.936. The lowest BCUT2D eigenvalue weighted by Crippen LogP contribution is -2.26. The van der Waals surface area contributed by atoms with Crippen molar-refractivity contribution in [2.24, 2.45) is 0 Å². The third kappa shape index (κ3) is 2.42. The molecule has 1 aliphatic rings. The maximum absolute atomic E-state index is 12.5. The Labute approximate surface area is 116 Å². The summed E-state index contributed by atoms with van der Waals surface area (Å²) in [4.78, 5) is 15.7. The minimum absolute atomic E-state index is 0.126. The number of nitrogens with zero attached hydrogens (tertiary/aromatic N) is 2. The molecule has 1 aliphatic carbocycles. The highest BCUT2D eigenvalue weighted by atomic mass is 32.1. The molecule has 0 unspecified atom stereocenters. The van der Waals surface area contributed by atoms with Gasteiger partial charge in [-0.2, -0.15) is 5.10 Å². The number of carbonyl (C=O) groups excluding carboxylic acids is 1. The summed E-state index contributed by atoms with van der Waals surface area (Å²) in [5.41, 5.74) is 3.23. The number of aromatic amines is 1. The van der Waals surface area contributed by atoms with Gasteiger partial charge in [-0.3, -0.25) is 9.89 Å². The van der Waals surface area contributed by atoms with Crippen LogP contribution in [-0.4, -0.2) is 28.1 Å². The van der Waals surface area contributed by atoms with E-state index in [4.69, 9.17) is 0 Å². The summed E-state index contributed by atoms with van der Waals surface area (Å²) in [6, 6.07) is 0. The first-order valence-corrected chi connectivity index (χ1v) is 7.46. The third-order valence-electron chi connectivity index (χ3n) is 3.61. The van der Waals surface area contributed by atoms with Crippen LogP contribution in [0.5, 0.6) is 0 Å². The van der Waals surface area contributed by atoms with Crippen LogP contribution in [0.3, 0.4) is 0 Å². The molecule has 0 radical (unpaired) electrons. The Morgan fingerprint density at radius 3 is 3.11 bits per heavy atom. The van der Waals surface area contributed by atoms with Gasteiger partial charge in [0.25, 0.3) is 5.91 Å². The van der Waals surface area contributed by atoms with Crippen molar-refractivity contribution >= 4 is 17.2 Å². The summed E-state index contributed by atoms with van der Waals surface area (Å²) in [5, 5.41) is 8.71. The smallest absolute Gasteiger partial charge is 0.255 e. The lowest BCUT2D eigenvalue weighted by atomic mass is 9.95. The Morgan fingerprint density at radius 1 is 1.47 bits per heavy atom. The van der Waals surface area contributed by atoms with Crippen molar-refractivity contribution < 1.29 is 4.79 Å². The molecule has 19 heavy (non-hydrogen) atoms. The highest BCUT2D eigenvalue weighted by Crippen LogP contribution is 2.30. The largest absolute Gasteiger partial charge is 0.337 e. The van der Waals surface area contributed by atoms with Crippen LogP contribution >= 0.6 is 11.3 Å². The van der Waals surface area contributed by atoms with Crippen LogP contribution in [0.1, 0.15) is 39.2 Å². The van der Waals surface area contributed by atoms with E-state index < -0.39 is 0 Å². The standard InChI is InChI=1S/C14H17N3OS/c1-17(8-10-6-15-16-7-10)14(18)12-9-19-13-5-3-2-4-11(12)13/h6-7,9H,2-5,8H2,1H3,(H,15,16). The van der Waals surface area contributed by atoms with E-state index in [1.54, 1.807) is 22.4 Å². The second kappa shape index (κ2) is 5.17. The summed E-state index contributed by atoms with van der Waals surface area (Å²) in [7, 11) is 1.85. The predicted octanol–water partition coefficient (Wildman–Crippen LogP) is 2.62. The predicted molar refractivity (Wildman–Crippen MR) is 75.3 cm³/mol. The third-order valence-corrected chi connectivity index (χ3v) is 4.70. The van der Waals surface area contributed by atoms with Crippen LogP contribution in [-0.2, 0) is 19.4 Å². The van der Waals surface area contributed by atoms with E-state index in [1.165, 1.54) is 23.3 Å². The fourth-order valence-corrected chi connectivity index (χ4v) is 3.71. The molecule has 2 aromatic rings. The molecule has 2 heterocycles. The van der Waals surface area contributed by atoms with Crippen LogP contribution in [0.2, 0.25) is 0 Å². The lowest BCUT2D eigenvalue weighted by molar-refractivity contribution is 0.0784. The Bertz CT molecular complexity index is 574. The average Bonchev–Trinajstić information content (AvgIpc) is 3.06. The zero-order valence-corrected chi connectivity index (χ0v) is 11.8. The molecule has 4 nitrogen and oxygen atoms in total. The molecule has 100 valence electrons. The number of rotatable bonds is 3. The summed E-state index contributed by atoms with van der Waals surface area (Å²) in [5.74, 6) is 0.126. The molecule has 0 saturated carbocycles. The first-order chi connectivity index (χ1) is 9.25. The van der Waals surface area contributed by atoms with Gasteiger partial charge in [0.15, 0.2) is 0 Å². The van der Waals surface area contributed by atoms with Crippen molar-refractivity contribution in [1.29, 1.82) is 0 Å². The van der Waals surface area contributed by atoms with E-state index in [9.17, 15) is 4.79 Å². The van der Waals surface area contributed by atoms with Gasteiger partial charge in [0.05, 0.1) is 11.8 Å². The SMILES string of the molecule is CN(Cc1cn[nH]c1)C(=O)c1csc2c1CCCC2. The fourth-order valence-electron chi connectivity index (χ4n) is 2.59. The number of hydrogen-bond acceptors (Lipinski definition) is 3. The first-order valence-electron chi connectivity index (χ1n) is 6.58. The first kappa shape index (κ1) is 12.4. The van der Waals surface area contributed by atoms with Gasteiger partial charge in [-0.05, 0) is 31.2 Å². The molecule has 3 rings (SSSR count). The number of hydrogen-bond donors (Lipinski definition) is 1. The maximum atomic E-state index is 12.5. The van der Waals surface area contributed by atoms with Crippen molar-refractivity contribution in [2.45, 2.75) is 32.2 Å². The fraction of sp³-hybridized carbons (Fsp3) is 0.429. The molecule has 5 heteroatoms. The monoisotopic (exact) mass is 275 g/mol. The normalized spacial score (nSPS) is 14.2. The molecular formula is C14H17N3OS. The summed E-state index contributed by atoms with van der Waals surface area (Å²) in [6.07, 6.45) is 8.24. The summed E-state index contributed by atoms with van der Waals surface area (Å²) in [6.45, 7) is 0.597. The van der Waals surface area contributed by atoms with Gasteiger partial charge in [0.1, 0.15) is 0 Å². The number of fused-ring (bicyclic) bond motifs is 1. The van der Waals surface area contributed by atoms with Crippen LogP contribution < -0.4 is 0 Å². The van der Waals surface area contributed by atoms with E-state index in [-0.39, 0.29) is 5.91 Å². The summed E-state index contributed by atoms with van der Waals surface area (Å²) >= 11 is 1.74. The molecular weight excluding hydrogens is 258 g/mol. The number of thiophene rings is 1. The maximum Gasteiger partial charge on any atom is 0.255 e. The zero-order chi connectivity index (χ0) is 13.2. The van der Waals surface area contributed by atoms with Gasteiger partial charge in [-0.1, -0.05) is 0 Å². The highest BCUT2D eigenvalue weighted by molar-refractivity contribution is 7.10. The van der Waals surface area contributed by atoms with Crippen LogP contribution in [0.4, 0.5) is 0 Å². The van der Waals surface area contributed by atoms with Gasteiger partial charge in [-0.25, -0.2) is 0 Å². The lowest BCUT2D eigenvalue weighted by Gasteiger charge is -2.18. The summed E-state index contributed by atoms with van der Waals surface area (Å²) < 4.78 is 0. The van der Waals surface area contributed by atoms with Gasteiger partial charge < -0.3 is 4.90 Å². The molecule has 0 aromatic carbocycles. The van der Waals surface area contributed by atoms with Crippen LogP contribution in [0, 0.1) is 0 Å². The molecule has 0 aliphatic heterocycles. The van der Waals surface area contributed by atoms with Gasteiger partial charge >= 0.3 is 0 Å². The Hall–Kier alpha value is -1.62. The molecule has 0 saturated heterocycles. The second-order valence-electron chi connectivity index (χ2n) is 5.03. The van der Waals surface area contributed by atoms with E-state index in [1.807, 2.05) is 18.6 Å². The number of aromatic nitrogens is 2. The van der Waals surface area contributed by atoms with Crippen LogP contribution in [0.25, 0.3) is 0 Å². The van der Waals surface area contributed by atoms with E-state index in [0.717, 1.165) is 24.0 Å². The molecule has 1 N–H and O–H groups in total. The van der Waals surface area contributed by atoms with E-state index in [2.05, 4.69) is 10.2 Å². The molecule has 0 spiro atoms. The van der Waals surface area contributed by atoms with Crippen molar-refractivity contribution in [2.75, 3.05) is 7.05 Å². The number of amides is 1. The molecule has 1 amide bonds. The Morgan fingerprint density at radius 2 is 2.32 bits per heavy atom. The number of carbonyl (C=O) groups is 1. The Balaban J connectivity index is 1.78. The second-order valence-corrected chi connectivity index (χ2v) is 5.99. The minimum atomic E-state index is 0.126. The molecule has 0 fully saturated rings. The molecule has 0 atom stereocenters. The van der Waals surface area contributed by atoms with Crippen molar-refractivity contribution in [1.82, 2.24) is 15.1 Å². The van der Waals surface area contributed by atoms with E-state index in [0.29, 0.717) is 6.54 Å². The van der Waals surface area contributed by atoms with Gasteiger partial charge in [0.2, 0.25) is 0 Å². The van der Waals surface area contributed by atoms with Crippen molar-refractivity contribution in [3.8, 4) is 0 Å². The molecule has 0 bridgehead atoms. The number of H-pyrrole nitrogens is 1. The average molecular weight is 275 g/mol. The van der Waals surface area contributed by atoms with E-state index >= 15 is 0 Å². The van der Waals surface area contributed by atoms with Gasteiger partial charge in [-0.15, -0.1) is 11.3 Å². The minimum Gasteiger partial charge on any atom is -0.337 e. The van der Waals surface area contributed by atoms with Crippen molar-refractivity contribution in [3.63, 3.8) is 0 Å². The topological polar surface area (TPSA) is 49.0 Å². The van der Waals surface area contributed by atoms with Gasteiger partial charge in [0, 0.05) is 35.6 Å². The van der Waals surface area contributed by atoms with Crippen LogP contribution in [0.15, 0.2) is 17.8 Å². The zero-order valence-electron chi connectivity index (χ0n) is 11.0. The number of nitrogens with one attached hydrogen (secondary N) is 1. The Kier molecular flexibility index (Phi) is 3.38. The number of aryl methyl sites for hydroxylation is 1. The highest BCUT2D eigenvalue weighted by Gasteiger charge is 2.22. The molecule has 2 aromatic heterocycles.